The van der Waals surface area contributed by atoms with E-state index in [1.807, 2.05) is 6.07 Å². The molecule has 1 fully saturated rings. The Balaban J connectivity index is 2.28. The van der Waals surface area contributed by atoms with Gasteiger partial charge in [0.15, 0.2) is 0 Å². The molecule has 1 aliphatic rings. The number of anilines is 1. The van der Waals surface area contributed by atoms with E-state index < -0.39 is 15.3 Å². The van der Waals surface area contributed by atoms with Gasteiger partial charge in [0.25, 0.3) is 0 Å². The SMILES string of the molecule is NS(=O)(=O)C1CC(=O)N(c2cccc(Br)c2)C1. The van der Waals surface area contributed by atoms with Crippen LogP contribution in [0.4, 0.5) is 5.69 Å². The third kappa shape index (κ3) is 2.67. The molecule has 0 spiro atoms. The minimum Gasteiger partial charge on any atom is -0.311 e. The molecule has 0 bridgehead atoms. The molecule has 7 heteroatoms. The Morgan fingerprint density at radius 3 is 2.65 bits per heavy atom. The number of carbonyl (C=O) groups excluding carboxylic acids is 1. The molecule has 1 amide bonds. The number of carbonyl (C=O) groups is 1. The molecule has 0 saturated carbocycles. The number of nitrogens with zero attached hydrogens (tertiary/aromatic N) is 1. The van der Waals surface area contributed by atoms with E-state index in [2.05, 4.69) is 15.9 Å². The van der Waals surface area contributed by atoms with Crippen LogP contribution >= 0.6 is 15.9 Å². The lowest BCUT2D eigenvalue weighted by molar-refractivity contribution is -0.117. The third-order valence-electron chi connectivity index (χ3n) is 2.67. The Morgan fingerprint density at radius 1 is 1.41 bits per heavy atom. The predicted octanol–water partition coefficient (Wildman–Crippen LogP) is 0.843. The number of amides is 1. The second kappa shape index (κ2) is 4.40. The van der Waals surface area contributed by atoms with Gasteiger partial charge >= 0.3 is 0 Å². The van der Waals surface area contributed by atoms with Crippen LogP contribution in [0.3, 0.4) is 0 Å². The molecule has 0 radical (unpaired) electrons. The summed E-state index contributed by atoms with van der Waals surface area (Å²) in [6.07, 6.45) is -0.0503. The fourth-order valence-corrected chi connectivity index (χ4v) is 2.91. The maximum absolute atomic E-state index is 11.7. The van der Waals surface area contributed by atoms with Crippen LogP contribution in [-0.4, -0.2) is 26.1 Å². The summed E-state index contributed by atoms with van der Waals surface area (Å²) in [7, 11) is -3.66. The van der Waals surface area contributed by atoms with Crippen molar-refractivity contribution in [3.8, 4) is 0 Å². The van der Waals surface area contributed by atoms with Crippen LogP contribution in [0.15, 0.2) is 28.7 Å². The Morgan fingerprint density at radius 2 is 2.12 bits per heavy atom. The zero-order chi connectivity index (χ0) is 12.6. The molecule has 0 aromatic heterocycles. The van der Waals surface area contributed by atoms with Crippen LogP contribution in [-0.2, 0) is 14.8 Å². The van der Waals surface area contributed by atoms with Crippen LogP contribution in [0.2, 0.25) is 0 Å². The Kier molecular flexibility index (Phi) is 3.24. The summed E-state index contributed by atoms with van der Waals surface area (Å²) < 4.78 is 23.3. The van der Waals surface area contributed by atoms with Crippen molar-refractivity contribution in [1.29, 1.82) is 0 Å². The number of nitrogens with two attached hydrogens (primary N) is 1. The smallest absolute Gasteiger partial charge is 0.228 e. The van der Waals surface area contributed by atoms with E-state index >= 15 is 0 Å². The first-order valence-corrected chi connectivity index (χ1v) is 7.36. The Labute approximate surface area is 108 Å². The van der Waals surface area contributed by atoms with E-state index in [0.29, 0.717) is 5.69 Å². The van der Waals surface area contributed by atoms with Crippen molar-refractivity contribution in [2.45, 2.75) is 11.7 Å². The molecule has 1 aliphatic heterocycles. The number of hydrogen-bond acceptors (Lipinski definition) is 3. The van der Waals surface area contributed by atoms with Crippen LogP contribution in [0, 0.1) is 0 Å². The van der Waals surface area contributed by atoms with Gasteiger partial charge in [0.1, 0.15) is 5.25 Å². The normalized spacial score (nSPS) is 20.9. The van der Waals surface area contributed by atoms with Crippen molar-refractivity contribution in [1.82, 2.24) is 0 Å². The quantitative estimate of drug-likeness (QED) is 0.877. The maximum atomic E-state index is 11.7. The lowest BCUT2D eigenvalue weighted by Crippen LogP contribution is -2.32. The molecule has 1 unspecified atom stereocenters. The lowest BCUT2D eigenvalue weighted by Gasteiger charge is -2.16. The van der Waals surface area contributed by atoms with Crippen molar-refractivity contribution >= 4 is 37.5 Å². The van der Waals surface area contributed by atoms with Crippen molar-refractivity contribution in [3.05, 3.63) is 28.7 Å². The summed E-state index contributed by atoms with van der Waals surface area (Å²) in [5, 5.41) is 4.25. The van der Waals surface area contributed by atoms with Gasteiger partial charge in [-0.25, -0.2) is 13.6 Å². The molecule has 2 N–H and O–H groups in total. The van der Waals surface area contributed by atoms with Gasteiger partial charge in [-0.15, -0.1) is 0 Å². The number of primary sulfonamides is 1. The molecule has 5 nitrogen and oxygen atoms in total. The average Bonchev–Trinajstić information content (AvgIpc) is 2.60. The second-order valence-electron chi connectivity index (χ2n) is 3.90. The van der Waals surface area contributed by atoms with E-state index in [1.54, 1.807) is 18.2 Å². The first-order chi connectivity index (χ1) is 7.88. The number of halogens is 1. The molecule has 17 heavy (non-hydrogen) atoms. The van der Waals surface area contributed by atoms with Gasteiger partial charge in [-0.1, -0.05) is 22.0 Å². The zero-order valence-corrected chi connectivity index (χ0v) is 11.2. The van der Waals surface area contributed by atoms with E-state index in [1.165, 1.54) is 4.90 Å². The highest BCUT2D eigenvalue weighted by Gasteiger charge is 2.37. The highest BCUT2D eigenvalue weighted by atomic mass is 79.9. The van der Waals surface area contributed by atoms with Crippen LogP contribution in [0.5, 0.6) is 0 Å². The molecule has 1 atom stereocenters. The van der Waals surface area contributed by atoms with Gasteiger partial charge in [-0.2, -0.15) is 0 Å². The molecule has 2 rings (SSSR count). The number of rotatable bonds is 2. The van der Waals surface area contributed by atoms with Gasteiger partial charge in [0, 0.05) is 23.1 Å². The monoisotopic (exact) mass is 318 g/mol. The predicted molar refractivity (Wildman–Crippen MR) is 68.0 cm³/mol. The number of benzene rings is 1. The molecule has 1 saturated heterocycles. The van der Waals surface area contributed by atoms with Crippen molar-refractivity contribution in [2.24, 2.45) is 5.14 Å². The number of hydrogen-bond donors (Lipinski definition) is 1. The molecule has 1 aromatic rings. The minimum absolute atomic E-state index is 0.0503. The molecule has 92 valence electrons. The molecular weight excluding hydrogens is 308 g/mol. The summed E-state index contributed by atoms with van der Waals surface area (Å²) in [6, 6.07) is 7.15. The van der Waals surface area contributed by atoms with Gasteiger partial charge in [-0.05, 0) is 18.2 Å². The third-order valence-corrected chi connectivity index (χ3v) is 4.41. The van der Waals surface area contributed by atoms with Crippen LogP contribution < -0.4 is 10.0 Å². The van der Waals surface area contributed by atoms with E-state index in [4.69, 9.17) is 5.14 Å². The molecule has 1 aromatic carbocycles. The fraction of sp³-hybridized carbons (Fsp3) is 0.300. The maximum Gasteiger partial charge on any atom is 0.228 e. The minimum atomic E-state index is -3.66. The molecular formula is C10H11BrN2O3S. The summed E-state index contributed by atoms with van der Waals surface area (Å²) in [5.41, 5.74) is 0.676. The van der Waals surface area contributed by atoms with E-state index in [-0.39, 0.29) is 18.9 Å². The molecule has 1 heterocycles. The fourth-order valence-electron chi connectivity index (χ4n) is 1.79. The van der Waals surface area contributed by atoms with E-state index in [0.717, 1.165) is 4.47 Å². The first-order valence-electron chi connectivity index (χ1n) is 4.95. The average molecular weight is 319 g/mol. The van der Waals surface area contributed by atoms with E-state index in [9.17, 15) is 13.2 Å². The summed E-state index contributed by atoms with van der Waals surface area (Å²) in [5.74, 6) is -0.220. The highest BCUT2D eigenvalue weighted by Crippen LogP contribution is 2.26. The topological polar surface area (TPSA) is 80.5 Å². The Bertz CT molecular complexity index is 558. The zero-order valence-electron chi connectivity index (χ0n) is 8.84. The number of sulfonamides is 1. The largest absolute Gasteiger partial charge is 0.311 e. The van der Waals surface area contributed by atoms with Gasteiger partial charge < -0.3 is 4.90 Å². The second-order valence-corrected chi connectivity index (χ2v) is 6.66. The summed E-state index contributed by atoms with van der Waals surface area (Å²) >= 11 is 3.30. The van der Waals surface area contributed by atoms with Crippen LogP contribution in [0.25, 0.3) is 0 Å². The Hall–Kier alpha value is -0.920. The summed E-state index contributed by atoms with van der Waals surface area (Å²) in [4.78, 5) is 13.2. The lowest BCUT2D eigenvalue weighted by atomic mass is 10.3. The van der Waals surface area contributed by atoms with Gasteiger partial charge in [0.2, 0.25) is 15.9 Å². The molecule has 0 aliphatic carbocycles. The van der Waals surface area contributed by atoms with Crippen LogP contribution in [0.1, 0.15) is 6.42 Å². The van der Waals surface area contributed by atoms with Crippen molar-refractivity contribution < 1.29 is 13.2 Å². The van der Waals surface area contributed by atoms with Gasteiger partial charge in [-0.3, -0.25) is 4.79 Å². The standard InChI is InChI=1S/C10H11BrN2O3S/c11-7-2-1-3-8(4-7)13-6-9(5-10(13)14)17(12,15)16/h1-4,9H,5-6H2,(H2,12,15,16). The highest BCUT2D eigenvalue weighted by molar-refractivity contribution is 9.10. The van der Waals surface area contributed by atoms with Gasteiger partial charge in [0.05, 0.1) is 0 Å². The first kappa shape index (κ1) is 12.5. The van der Waals surface area contributed by atoms with Crippen molar-refractivity contribution in [2.75, 3.05) is 11.4 Å². The van der Waals surface area contributed by atoms with Crippen molar-refractivity contribution in [3.63, 3.8) is 0 Å². The summed E-state index contributed by atoms with van der Waals surface area (Å²) in [6.45, 7) is 0.119.